The molecule has 28 heavy (non-hydrogen) atoms. The molecule has 4 aromatic rings. The van der Waals surface area contributed by atoms with Crippen molar-refractivity contribution in [2.75, 3.05) is 0 Å². The van der Waals surface area contributed by atoms with Gasteiger partial charge in [0.1, 0.15) is 8.07 Å². The first-order valence-electron chi connectivity index (χ1n) is 10.1. The van der Waals surface area contributed by atoms with Crippen LogP contribution in [0.2, 0.25) is 18.1 Å². The van der Waals surface area contributed by atoms with Crippen molar-refractivity contribution in [1.29, 1.82) is 0 Å². The molecule has 0 amide bonds. The SMILES string of the molecule is CC[Si](C#Cc1cccc2cc3ccccc3cc12)(CC)CC.c1ccsc1. The minimum absolute atomic E-state index is 1.18. The molecule has 0 bridgehead atoms. The van der Waals surface area contributed by atoms with Gasteiger partial charge in [-0.1, -0.05) is 75.2 Å². The molecule has 0 radical (unpaired) electrons. The molecule has 0 saturated heterocycles. The van der Waals surface area contributed by atoms with Gasteiger partial charge in [0.2, 0.25) is 0 Å². The van der Waals surface area contributed by atoms with Gasteiger partial charge >= 0.3 is 0 Å². The molecule has 0 aliphatic carbocycles. The zero-order valence-electron chi connectivity index (χ0n) is 17.0. The summed E-state index contributed by atoms with van der Waals surface area (Å²) in [5.74, 6) is 3.56. The largest absolute Gasteiger partial charge is 0.152 e. The molecule has 0 aliphatic rings. The number of benzene rings is 3. The highest BCUT2D eigenvalue weighted by Crippen LogP contribution is 2.26. The highest BCUT2D eigenvalue weighted by atomic mass is 32.1. The van der Waals surface area contributed by atoms with Gasteiger partial charge in [0, 0.05) is 5.56 Å². The van der Waals surface area contributed by atoms with Gasteiger partial charge in [0.05, 0.1) is 0 Å². The normalized spacial score (nSPS) is 10.8. The molecular weight excluding hydrogens is 372 g/mol. The summed E-state index contributed by atoms with van der Waals surface area (Å²) in [6.45, 7) is 6.93. The first-order chi connectivity index (χ1) is 13.7. The maximum atomic E-state index is 3.73. The van der Waals surface area contributed by atoms with E-state index in [4.69, 9.17) is 0 Å². The predicted molar refractivity (Wildman–Crippen MR) is 130 cm³/mol. The summed E-state index contributed by atoms with van der Waals surface area (Å²) in [6, 6.07) is 27.4. The molecule has 3 aromatic carbocycles. The zero-order valence-corrected chi connectivity index (χ0v) is 18.9. The first-order valence-corrected chi connectivity index (χ1v) is 13.7. The summed E-state index contributed by atoms with van der Waals surface area (Å²) in [6.07, 6.45) is 0. The molecule has 2 heteroatoms. The molecule has 0 atom stereocenters. The van der Waals surface area contributed by atoms with E-state index in [1.54, 1.807) is 11.3 Å². The number of hydrogen-bond acceptors (Lipinski definition) is 1. The molecule has 0 saturated carbocycles. The van der Waals surface area contributed by atoms with E-state index in [9.17, 15) is 0 Å². The van der Waals surface area contributed by atoms with Crippen molar-refractivity contribution in [2.24, 2.45) is 0 Å². The summed E-state index contributed by atoms with van der Waals surface area (Å²) in [5.41, 5.74) is 4.91. The molecular formula is C26H28SSi. The van der Waals surface area contributed by atoms with Crippen LogP contribution in [0.3, 0.4) is 0 Å². The molecule has 0 N–H and O–H groups in total. The van der Waals surface area contributed by atoms with Crippen molar-refractivity contribution < 1.29 is 0 Å². The minimum Gasteiger partial charge on any atom is -0.152 e. The second kappa shape index (κ2) is 9.73. The fourth-order valence-corrected chi connectivity index (χ4v) is 6.40. The summed E-state index contributed by atoms with van der Waals surface area (Å²) < 4.78 is 0. The van der Waals surface area contributed by atoms with Gasteiger partial charge in [-0.25, -0.2) is 0 Å². The van der Waals surface area contributed by atoms with E-state index in [0.29, 0.717) is 0 Å². The third-order valence-corrected chi connectivity index (χ3v) is 11.0. The van der Waals surface area contributed by atoms with Crippen molar-refractivity contribution in [2.45, 2.75) is 38.9 Å². The van der Waals surface area contributed by atoms with Crippen molar-refractivity contribution >= 4 is 41.0 Å². The standard InChI is InChI=1S/C22H24Si.C4H4S/c1-4-23(5-2,6-3)15-14-18-12-9-13-21-16-19-10-7-8-11-20(19)17-22(18)21;1-2-4-5-3-1/h7-13,16-17H,4-6H2,1-3H3;1-4H. The van der Waals surface area contributed by atoms with Gasteiger partial charge in [-0.2, -0.15) is 11.3 Å². The van der Waals surface area contributed by atoms with Crippen molar-refractivity contribution in [3.8, 4) is 11.5 Å². The van der Waals surface area contributed by atoms with Crippen LogP contribution in [0, 0.1) is 11.5 Å². The molecule has 0 unspecified atom stereocenters. The van der Waals surface area contributed by atoms with Gasteiger partial charge < -0.3 is 0 Å². The van der Waals surface area contributed by atoms with Crippen LogP contribution in [-0.2, 0) is 0 Å². The first kappa shape index (κ1) is 20.4. The Morgan fingerprint density at radius 3 is 1.89 bits per heavy atom. The number of rotatable bonds is 3. The van der Waals surface area contributed by atoms with Crippen LogP contribution >= 0.6 is 11.3 Å². The molecule has 1 aromatic heterocycles. The lowest BCUT2D eigenvalue weighted by molar-refractivity contribution is 1.20. The van der Waals surface area contributed by atoms with Crippen LogP contribution in [-0.4, -0.2) is 8.07 Å². The molecule has 1 heterocycles. The van der Waals surface area contributed by atoms with E-state index in [0.717, 1.165) is 0 Å². The number of thiophene rings is 1. The van der Waals surface area contributed by atoms with E-state index in [2.05, 4.69) is 86.8 Å². The lowest BCUT2D eigenvalue weighted by Gasteiger charge is -2.20. The smallest absolute Gasteiger partial charge is 0.138 e. The Morgan fingerprint density at radius 2 is 1.32 bits per heavy atom. The van der Waals surface area contributed by atoms with Crippen LogP contribution in [0.1, 0.15) is 26.3 Å². The molecule has 0 nitrogen and oxygen atoms in total. The van der Waals surface area contributed by atoms with Gasteiger partial charge in [-0.3, -0.25) is 0 Å². The Morgan fingerprint density at radius 1 is 0.714 bits per heavy atom. The Kier molecular flexibility index (Phi) is 7.09. The maximum Gasteiger partial charge on any atom is 0.138 e. The molecule has 142 valence electrons. The molecule has 4 rings (SSSR count). The Balaban J connectivity index is 0.000000391. The summed E-state index contributed by atoms with van der Waals surface area (Å²) in [4.78, 5) is 0. The van der Waals surface area contributed by atoms with E-state index in [1.807, 2.05) is 22.9 Å². The van der Waals surface area contributed by atoms with Crippen LogP contribution in [0.15, 0.2) is 77.5 Å². The number of fused-ring (bicyclic) bond motifs is 2. The zero-order chi connectivity index (χ0) is 19.8. The summed E-state index contributed by atoms with van der Waals surface area (Å²) >= 11 is 1.71. The fourth-order valence-electron chi connectivity index (χ4n) is 3.52. The van der Waals surface area contributed by atoms with Gasteiger partial charge in [0.15, 0.2) is 0 Å². The quantitative estimate of drug-likeness (QED) is 0.185. The van der Waals surface area contributed by atoms with E-state index < -0.39 is 8.07 Å². The highest BCUT2D eigenvalue weighted by Gasteiger charge is 2.24. The lowest BCUT2D eigenvalue weighted by atomic mass is 10.0. The van der Waals surface area contributed by atoms with Crippen LogP contribution in [0.5, 0.6) is 0 Å². The van der Waals surface area contributed by atoms with Crippen molar-refractivity contribution in [3.63, 3.8) is 0 Å². The van der Waals surface area contributed by atoms with Gasteiger partial charge in [0.25, 0.3) is 0 Å². The van der Waals surface area contributed by atoms with Crippen LogP contribution in [0.4, 0.5) is 0 Å². The van der Waals surface area contributed by atoms with Crippen molar-refractivity contribution in [1.82, 2.24) is 0 Å². The van der Waals surface area contributed by atoms with E-state index in [-0.39, 0.29) is 0 Å². The van der Waals surface area contributed by atoms with Crippen LogP contribution < -0.4 is 0 Å². The third-order valence-electron chi connectivity index (χ3n) is 5.66. The average molecular weight is 401 g/mol. The monoisotopic (exact) mass is 400 g/mol. The summed E-state index contributed by atoms with van der Waals surface area (Å²) in [7, 11) is -1.40. The minimum atomic E-state index is -1.40. The maximum absolute atomic E-state index is 3.73. The topological polar surface area (TPSA) is 0 Å². The predicted octanol–water partition coefficient (Wildman–Crippen LogP) is 8.14. The average Bonchev–Trinajstić information content (AvgIpc) is 3.34. The Labute approximate surface area is 174 Å². The van der Waals surface area contributed by atoms with E-state index >= 15 is 0 Å². The molecule has 0 spiro atoms. The van der Waals surface area contributed by atoms with E-state index in [1.165, 1.54) is 45.2 Å². The number of hydrogen-bond donors (Lipinski definition) is 0. The fraction of sp³-hybridized carbons (Fsp3) is 0.231. The summed E-state index contributed by atoms with van der Waals surface area (Å²) in [5, 5.41) is 9.24. The third kappa shape index (κ3) is 4.73. The highest BCUT2D eigenvalue weighted by molar-refractivity contribution is 7.07. The van der Waals surface area contributed by atoms with Gasteiger partial charge in [-0.05, 0) is 68.6 Å². The van der Waals surface area contributed by atoms with Crippen molar-refractivity contribution in [3.05, 3.63) is 83.1 Å². The van der Waals surface area contributed by atoms with Crippen LogP contribution in [0.25, 0.3) is 21.5 Å². The lowest BCUT2D eigenvalue weighted by Crippen LogP contribution is -2.29. The van der Waals surface area contributed by atoms with Gasteiger partial charge in [-0.15, -0.1) is 5.54 Å². The Bertz CT molecular complexity index is 1050. The molecule has 0 aliphatic heterocycles. The Hall–Kier alpha value is -2.34. The second-order valence-corrected chi connectivity index (χ2v) is 12.9. The second-order valence-electron chi connectivity index (χ2n) is 7.11. The molecule has 0 fully saturated rings.